The molecule has 2 heterocycles. The van der Waals surface area contributed by atoms with E-state index in [1.54, 1.807) is 0 Å². The minimum absolute atomic E-state index is 0.552. The van der Waals surface area contributed by atoms with Crippen LogP contribution < -0.4 is 0 Å². The molecule has 0 aromatic carbocycles. The number of hydrogen-bond donors (Lipinski definition) is 0. The molecule has 2 aliphatic rings. The lowest BCUT2D eigenvalue weighted by molar-refractivity contribution is 0.165. The predicted octanol–water partition coefficient (Wildman–Crippen LogP) is 1.27. The molecule has 0 amide bonds. The van der Waals surface area contributed by atoms with Crippen molar-refractivity contribution in [3.63, 3.8) is 0 Å². The van der Waals surface area contributed by atoms with Crippen molar-refractivity contribution in [2.24, 2.45) is 11.1 Å². The van der Waals surface area contributed by atoms with Crippen molar-refractivity contribution in [3.05, 3.63) is 12.2 Å². The van der Waals surface area contributed by atoms with Crippen LogP contribution in [0.2, 0.25) is 0 Å². The molecule has 0 spiro atoms. The molecule has 2 atom stereocenters. The summed E-state index contributed by atoms with van der Waals surface area (Å²) >= 11 is 0. The van der Waals surface area contributed by atoms with E-state index in [1.165, 1.54) is 25.2 Å². The van der Waals surface area contributed by atoms with Gasteiger partial charge in [-0.1, -0.05) is 11.7 Å². The molecule has 72 valence electrons. The number of oxime groups is 1. The number of fused-ring (bicyclic) bond motifs is 2. The Morgan fingerprint density at radius 1 is 1.77 bits per heavy atom. The number of hydrogen-bond acceptors (Lipinski definition) is 3. The van der Waals surface area contributed by atoms with Crippen LogP contribution in [0.25, 0.3) is 0 Å². The summed E-state index contributed by atoms with van der Waals surface area (Å²) in [5.41, 5.74) is 2.25. The van der Waals surface area contributed by atoms with Gasteiger partial charge in [0.25, 0.3) is 0 Å². The number of piperidine rings is 1. The lowest BCUT2D eigenvalue weighted by atomic mass is 10.0. The summed E-state index contributed by atoms with van der Waals surface area (Å²) in [7, 11) is 0. The Hall–Kier alpha value is -0.830. The summed E-state index contributed by atoms with van der Waals surface area (Å²) in [6.07, 6.45) is 1.26. The predicted molar refractivity (Wildman–Crippen MR) is 52.7 cm³/mol. The molecule has 13 heavy (non-hydrogen) atoms. The van der Waals surface area contributed by atoms with Crippen molar-refractivity contribution in [2.75, 3.05) is 26.2 Å². The molecule has 2 bridgehead atoms. The van der Waals surface area contributed by atoms with E-state index in [2.05, 4.69) is 16.6 Å². The molecular weight excluding hydrogens is 164 g/mol. The second-order valence-electron chi connectivity index (χ2n) is 4.03. The molecule has 0 N–H and O–H groups in total. The first kappa shape index (κ1) is 8.75. The van der Waals surface area contributed by atoms with Crippen LogP contribution in [0.1, 0.15) is 13.3 Å². The van der Waals surface area contributed by atoms with E-state index < -0.39 is 0 Å². The van der Waals surface area contributed by atoms with Crippen LogP contribution in [0, 0.1) is 5.92 Å². The third kappa shape index (κ3) is 1.91. The average molecular weight is 180 g/mol. The summed E-state index contributed by atoms with van der Waals surface area (Å²) in [4.78, 5) is 7.62. The Kier molecular flexibility index (Phi) is 2.36. The maximum absolute atomic E-state index is 5.19. The van der Waals surface area contributed by atoms with E-state index in [-0.39, 0.29) is 0 Å². The van der Waals surface area contributed by atoms with Crippen LogP contribution in [0.5, 0.6) is 0 Å². The molecule has 0 aliphatic carbocycles. The molecule has 2 rings (SSSR count). The van der Waals surface area contributed by atoms with Crippen LogP contribution in [0.4, 0.5) is 0 Å². The Morgan fingerprint density at radius 3 is 3.15 bits per heavy atom. The van der Waals surface area contributed by atoms with Gasteiger partial charge in [-0.2, -0.15) is 0 Å². The van der Waals surface area contributed by atoms with Gasteiger partial charge in [0.05, 0.1) is 5.71 Å². The zero-order valence-electron chi connectivity index (χ0n) is 8.12. The molecule has 0 aromatic heterocycles. The maximum Gasteiger partial charge on any atom is 0.137 e. The quantitative estimate of drug-likeness (QED) is 0.482. The molecule has 3 heteroatoms. The Balaban J connectivity index is 1.84. The van der Waals surface area contributed by atoms with E-state index in [9.17, 15) is 0 Å². The van der Waals surface area contributed by atoms with E-state index in [0.717, 1.165) is 12.1 Å². The van der Waals surface area contributed by atoms with Crippen LogP contribution in [0.15, 0.2) is 17.3 Å². The summed E-state index contributed by atoms with van der Waals surface area (Å²) in [5.74, 6) is 0.671. The van der Waals surface area contributed by atoms with E-state index >= 15 is 0 Å². The summed E-state index contributed by atoms with van der Waals surface area (Å²) in [5, 5.41) is 4.16. The molecule has 3 nitrogen and oxygen atoms in total. The zero-order chi connectivity index (χ0) is 9.26. The minimum atomic E-state index is 0.552. The number of rotatable bonds is 3. The normalized spacial score (nSPS) is 34.1. The summed E-state index contributed by atoms with van der Waals surface area (Å²) < 4.78 is 0. The molecule has 0 aromatic rings. The molecule has 2 fully saturated rings. The largest absolute Gasteiger partial charge is 0.391 e. The van der Waals surface area contributed by atoms with Gasteiger partial charge in [0.15, 0.2) is 0 Å². The Morgan fingerprint density at radius 2 is 2.62 bits per heavy atom. The van der Waals surface area contributed by atoms with Crippen molar-refractivity contribution in [1.82, 2.24) is 4.90 Å². The van der Waals surface area contributed by atoms with Gasteiger partial charge >= 0.3 is 0 Å². The smallest absolute Gasteiger partial charge is 0.137 e. The van der Waals surface area contributed by atoms with Gasteiger partial charge in [-0.05, 0) is 25.5 Å². The van der Waals surface area contributed by atoms with Crippen molar-refractivity contribution < 1.29 is 4.84 Å². The summed E-state index contributed by atoms with van der Waals surface area (Å²) in [6, 6.07) is 0. The zero-order valence-corrected chi connectivity index (χ0v) is 8.12. The van der Waals surface area contributed by atoms with Gasteiger partial charge in [0.2, 0.25) is 0 Å². The highest BCUT2D eigenvalue weighted by atomic mass is 16.6. The third-order valence-corrected chi connectivity index (χ3v) is 2.62. The molecule has 2 unspecified atom stereocenters. The van der Waals surface area contributed by atoms with Crippen molar-refractivity contribution in [3.8, 4) is 0 Å². The Labute approximate surface area is 79.0 Å². The fourth-order valence-corrected chi connectivity index (χ4v) is 1.94. The van der Waals surface area contributed by atoms with Crippen molar-refractivity contribution >= 4 is 5.71 Å². The lowest BCUT2D eigenvalue weighted by Gasteiger charge is -2.12. The van der Waals surface area contributed by atoms with E-state index in [0.29, 0.717) is 12.5 Å². The molecule has 0 saturated carbocycles. The van der Waals surface area contributed by atoms with Gasteiger partial charge in [0.1, 0.15) is 6.61 Å². The average Bonchev–Trinajstić information content (AvgIpc) is 2.64. The highest BCUT2D eigenvalue weighted by Crippen LogP contribution is 2.25. The SMILES string of the molecule is C=C(C)CO/N=C1\CN2CCC1C2. The molecule has 2 aliphatic heterocycles. The second-order valence-corrected chi connectivity index (χ2v) is 4.03. The van der Waals surface area contributed by atoms with E-state index in [1.807, 2.05) is 6.92 Å². The van der Waals surface area contributed by atoms with Gasteiger partial charge in [-0.15, -0.1) is 0 Å². The standard InChI is InChI=1S/C10H16N2O/c1-8(2)7-13-11-10-6-12-4-3-9(10)5-12/h9H,1,3-7H2,2H3/b11-10+. The summed E-state index contributed by atoms with van der Waals surface area (Å²) in [6.45, 7) is 9.71. The van der Waals surface area contributed by atoms with Crippen LogP contribution in [0.3, 0.4) is 0 Å². The highest BCUT2D eigenvalue weighted by molar-refractivity contribution is 5.91. The van der Waals surface area contributed by atoms with Gasteiger partial charge in [0, 0.05) is 19.0 Å². The second kappa shape index (κ2) is 3.50. The van der Waals surface area contributed by atoms with Crippen LogP contribution in [-0.2, 0) is 4.84 Å². The van der Waals surface area contributed by atoms with Crippen molar-refractivity contribution in [1.29, 1.82) is 0 Å². The van der Waals surface area contributed by atoms with E-state index in [4.69, 9.17) is 4.84 Å². The first-order chi connectivity index (χ1) is 6.25. The van der Waals surface area contributed by atoms with Gasteiger partial charge < -0.3 is 4.84 Å². The van der Waals surface area contributed by atoms with Crippen LogP contribution >= 0.6 is 0 Å². The molecule has 2 saturated heterocycles. The molecular formula is C10H16N2O. The number of nitrogens with zero attached hydrogens (tertiary/aromatic N) is 2. The highest BCUT2D eigenvalue weighted by Gasteiger charge is 2.35. The van der Waals surface area contributed by atoms with Gasteiger partial charge in [-0.25, -0.2) is 0 Å². The topological polar surface area (TPSA) is 24.8 Å². The Bertz CT molecular complexity index is 247. The van der Waals surface area contributed by atoms with Crippen molar-refractivity contribution in [2.45, 2.75) is 13.3 Å². The molecule has 0 radical (unpaired) electrons. The fraction of sp³-hybridized carbons (Fsp3) is 0.700. The fourth-order valence-electron chi connectivity index (χ4n) is 1.94. The first-order valence-corrected chi connectivity index (χ1v) is 4.81. The minimum Gasteiger partial charge on any atom is -0.391 e. The van der Waals surface area contributed by atoms with Gasteiger partial charge in [-0.3, -0.25) is 4.90 Å². The van der Waals surface area contributed by atoms with Crippen LogP contribution in [-0.4, -0.2) is 36.9 Å². The lowest BCUT2D eigenvalue weighted by Crippen LogP contribution is -2.23. The monoisotopic (exact) mass is 180 g/mol. The third-order valence-electron chi connectivity index (χ3n) is 2.62. The maximum atomic E-state index is 5.19. The first-order valence-electron chi connectivity index (χ1n) is 4.81.